The van der Waals surface area contributed by atoms with Crippen LogP contribution in [0.2, 0.25) is 5.02 Å². The Morgan fingerprint density at radius 1 is 0.962 bits per heavy atom. The van der Waals surface area contributed by atoms with Crippen molar-refractivity contribution in [1.29, 1.82) is 0 Å². The van der Waals surface area contributed by atoms with Crippen molar-refractivity contribution in [3.05, 3.63) is 70.7 Å². The lowest BCUT2D eigenvalue weighted by molar-refractivity contribution is -0.136. The second-order valence-electron chi connectivity index (χ2n) is 7.21. The van der Waals surface area contributed by atoms with Gasteiger partial charge in [-0.3, -0.25) is 4.79 Å². The van der Waals surface area contributed by atoms with Crippen molar-refractivity contribution in [2.45, 2.75) is 38.0 Å². The van der Waals surface area contributed by atoms with Crippen LogP contribution in [0.1, 0.15) is 49.1 Å². The Morgan fingerprint density at radius 2 is 1.65 bits per heavy atom. The van der Waals surface area contributed by atoms with Gasteiger partial charge in [-0.1, -0.05) is 73.3 Å². The fourth-order valence-corrected chi connectivity index (χ4v) is 4.15. The van der Waals surface area contributed by atoms with Crippen LogP contribution in [0, 0.1) is 5.92 Å². The summed E-state index contributed by atoms with van der Waals surface area (Å²) in [6, 6.07) is 18.1. The summed E-state index contributed by atoms with van der Waals surface area (Å²) in [7, 11) is 0. The number of amides is 1. The van der Waals surface area contributed by atoms with Crippen molar-refractivity contribution in [3.63, 3.8) is 0 Å². The summed E-state index contributed by atoms with van der Waals surface area (Å²) >= 11 is 6.05. The van der Waals surface area contributed by atoms with Gasteiger partial charge in [-0.05, 0) is 36.1 Å². The smallest absolute Gasteiger partial charge is 0.245 e. The Labute approximate surface area is 159 Å². The molecule has 0 aromatic heterocycles. The molecule has 0 saturated heterocycles. The second kappa shape index (κ2) is 7.63. The summed E-state index contributed by atoms with van der Waals surface area (Å²) in [4.78, 5) is 13.0. The van der Waals surface area contributed by atoms with Gasteiger partial charge in [0, 0.05) is 16.9 Å². The molecular formula is C22H23ClN2O. The maximum Gasteiger partial charge on any atom is 0.245 e. The highest BCUT2D eigenvalue weighted by atomic mass is 35.5. The number of carbonyl (C=O) groups excluding carboxylic acids is 1. The standard InChI is InChI=1S/C22H23ClN2O/c23-19-13-11-17(12-14-19)21-20(16-7-3-1-4-8-16)15-25(24-21)22(26)18-9-5-2-6-10-18/h1,3-4,7-8,11-14,18,20H,2,5-6,9-10,15H2/t20-/m0/s1. The Balaban J connectivity index is 1.65. The van der Waals surface area contributed by atoms with Crippen LogP contribution in [0.4, 0.5) is 0 Å². The van der Waals surface area contributed by atoms with Gasteiger partial charge in [-0.2, -0.15) is 5.10 Å². The van der Waals surface area contributed by atoms with E-state index in [1.165, 1.54) is 12.0 Å². The molecule has 1 atom stereocenters. The number of halogens is 1. The first kappa shape index (κ1) is 17.3. The first-order valence-electron chi connectivity index (χ1n) is 9.43. The molecule has 1 aliphatic carbocycles. The van der Waals surface area contributed by atoms with E-state index in [1.807, 2.05) is 42.5 Å². The summed E-state index contributed by atoms with van der Waals surface area (Å²) in [6.07, 6.45) is 5.55. The van der Waals surface area contributed by atoms with E-state index in [-0.39, 0.29) is 17.7 Å². The predicted molar refractivity (Wildman–Crippen MR) is 105 cm³/mol. The van der Waals surface area contributed by atoms with Crippen LogP contribution >= 0.6 is 11.6 Å². The van der Waals surface area contributed by atoms with E-state index < -0.39 is 0 Å². The van der Waals surface area contributed by atoms with Gasteiger partial charge in [0.15, 0.2) is 0 Å². The summed E-state index contributed by atoms with van der Waals surface area (Å²) in [5, 5.41) is 7.21. The third kappa shape index (κ3) is 3.54. The fourth-order valence-electron chi connectivity index (χ4n) is 4.03. The van der Waals surface area contributed by atoms with Crippen LogP contribution in [0.5, 0.6) is 0 Å². The molecule has 1 saturated carbocycles. The van der Waals surface area contributed by atoms with E-state index in [0.717, 1.165) is 37.0 Å². The van der Waals surface area contributed by atoms with Gasteiger partial charge in [0.05, 0.1) is 12.3 Å². The highest BCUT2D eigenvalue weighted by Gasteiger charge is 2.35. The maximum absolute atomic E-state index is 13.0. The number of hydrogen-bond donors (Lipinski definition) is 0. The van der Waals surface area contributed by atoms with E-state index in [1.54, 1.807) is 5.01 Å². The lowest BCUT2D eigenvalue weighted by atomic mass is 9.88. The molecule has 0 bridgehead atoms. The molecule has 4 rings (SSSR count). The number of rotatable bonds is 3. The quantitative estimate of drug-likeness (QED) is 0.730. The highest BCUT2D eigenvalue weighted by molar-refractivity contribution is 6.30. The maximum atomic E-state index is 13.0. The second-order valence-corrected chi connectivity index (χ2v) is 7.65. The molecule has 134 valence electrons. The number of hydrazone groups is 1. The topological polar surface area (TPSA) is 32.7 Å². The van der Waals surface area contributed by atoms with E-state index in [2.05, 4.69) is 12.1 Å². The number of benzene rings is 2. The van der Waals surface area contributed by atoms with E-state index in [9.17, 15) is 4.79 Å². The molecular weight excluding hydrogens is 344 g/mol. The van der Waals surface area contributed by atoms with Crippen LogP contribution in [0.3, 0.4) is 0 Å². The van der Waals surface area contributed by atoms with Gasteiger partial charge in [0.1, 0.15) is 0 Å². The highest BCUT2D eigenvalue weighted by Crippen LogP contribution is 2.32. The van der Waals surface area contributed by atoms with Crippen LogP contribution in [-0.2, 0) is 4.79 Å². The third-order valence-electron chi connectivity index (χ3n) is 5.46. The van der Waals surface area contributed by atoms with Gasteiger partial charge in [0.25, 0.3) is 0 Å². The molecule has 0 N–H and O–H groups in total. The van der Waals surface area contributed by atoms with E-state index >= 15 is 0 Å². The first-order chi connectivity index (χ1) is 12.7. The Bertz CT molecular complexity index is 795. The van der Waals surface area contributed by atoms with Crippen molar-refractivity contribution in [2.24, 2.45) is 11.0 Å². The van der Waals surface area contributed by atoms with Crippen molar-refractivity contribution in [3.8, 4) is 0 Å². The van der Waals surface area contributed by atoms with Crippen LogP contribution in [-0.4, -0.2) is 23.2 Å². The zero-order valence-corrected chi connectivity index (χ0v) is 15.5. The van der Waals surface area contributed by atoms with E-state index in [0.29, 0.717) is 11.6 Å². The third-order valence-corrected chi connectivity index (χ3v) is 5.72. The van der Waals surface area contributed by atoms with Crippen molar-refractivity contribution in [1.82, 2.24) is 5.01 Å². The molecule has 1 amide bonds. The minimum absolute atomic E-state index is 0.102. The molecule has 3 nitrogen and oxygen atoms in total. The Hall–Kier alpha value is -2.13. The van der Waals surface area contributed by atoms with Gasteiger partial charge < -0.3 is 0 Å². The monoisotopic (exact) mass is 366 g/mol. The Kier molecular flexibility index (Phi) is 5.07. The van der Waals surface area contributed by atoms with Crippen LogP contribution in [0.25, 0.3) is 0 Å². The number of hydrogen-bond acceptors (Lipinski definition) is 2. The summed E-state index contributed by atoms with van der Waals surface area (Å²) in [5.74, 6) is 0.424. The minimum atomic E-state index is 0.102. The zero-order valence-electron chi connectivity index (χ0n) is 14.8. The molecule has 26 heavy (non-hydrogen) atoms. The SMILES string of the molecule is O=C(C1CCCCC1)N1C[C@@H](c2ccccc2)C(c2ccc(Cl)cc2)=N1. The van der Waals surface area contributed by atoms with Gasteiger partial charge >= 0.3 is 0 Å². The van der Waals surface area contributed by atoms with E-state index in [4.69, 9.17) is 16.7 Å². The van der Waals surface area contributed by atoms with Gasteiger partial charge in [-0.25, -0.2) is 5.01 Å². The normalized spacial score (nSPS) is 20.9. The molecule has 2 aromatic carbocycles. The summed E-state index contributed by atoms with van der Waals surface area (Å²) in [5.41, 5.74) is 3.18. The van der Waals surface area contributed by atoms with Gasteiger partial charge in [0.2, 0.25) is 5.91 Å². The van der Waals surface area contributed by atoms with Crippen LogP contribution in [0.15, 0.2) is 59.7 Å². The van der Waals surface area contributed by atoms with Crippen molar-refractivity contribution >= 4 is 23.2 Å². The molecule has 2 aliphatic rings. The summed E-state index contributed by atoms with van der Waals surface area (Å²) < 4.78 is 0. The fraction of sp³-hybridized carbons (Fsp3) is 0.364. The molecule has 0 unspecified atom stereocenters. The average Bonchev–Trinajstić information content (AvgIpc) is 3.15. The average molecular weight is 367 g/mol. The number of carbonyl (C=O) groups is 1. The molecule has 0 spiro atoms. The predicted octanol–water partition coefficient (Wildman–Crippen LogP) is 5.25. The molecule has 4 heteroatoms. The first-order valence-corrected chi connectivity index (χ1v) is 9.81. The zero-order chi connectivity index (χ0) is 17.9. The van der Waals surface area contributed by atoms with Crippen LogP contribution < -0.4 is 0 Å². The lowest BCUT2D eigenvalue weighted by Crippen LogP contribution is -2.32. The molecule has 1 fully saturated rings. The Morgan fingerprint density at radius 3 is 2.35 bits per heavy atom. The molecule has 1 heterocycles. The van der Waals surface area contributed by atoms with Crippen molar-refractivity contribution in [2.75, 3.05) is 6.54 Å². The largest absolute Gasteiger partial charge is 0.273 e. The lowest BCUT2D eigenvalue weighted by Gasteiger charge is -2.24. The molecule has 2 aromatic rings. The van der Waals surface area contributed by atoms with Crippen molar-refractivity contribution < 1.29 is 4.79 Å². The minimum Gasteiger partial charge on any atom is -0.273 e. The van der Waals surface area contributed by atoms with Gasteiger partial charge in [-0.15, -0.1) is 0 Å². The molecule has 0 radical (unpaired) electrons. The summed E-state index contributed by atoms with van der Waals surface area (Å²) in [6.45, 7) is 0.622. The number of nitrogens with zero attached hydrogens (tertiary/aromatic N) is 2. The molecule has 1 aliphatic heterocycles.